The molecule has 0 radical (unpaired) electrons. The Balaban J connectivity index is 1.22. The van der Waals surface area contributed by atoms with Crippen molar-refractivity contribution < 1.29 is 0 Å². The minimum Gasteiger partial charge on any atom is -0.256 e. The number of benzene rings is 7. The number of pyridine rings is 2. The van der Waals surface area contributed by atoms with Crippen molar-refractivity contribution in [1.29, 1.82) is 0 Å². The summed E-state index contributed by atoms with van der Waals surface area (Å²) in [5.41, 5.74) is 12.5. The maximum Gasteiger partial charge on any atom is 0.0709 e. The van der Waals surface area contributed by atoms with E-state index in [1.807, 2.05) is 24.4 Å². The maximum atomic E-state index is 5.02. The molecular formula is C48H36N2. The predicted octanol–water partition coefficient (Wildman–Crippen LogP) is 13.0. The van der Waals surface area contributed by atoms with Crippen molar-refractivity contribution in [2.75, 3.05) is 0 Å². The van der Waals surface area contributed by atoms with Gasteiger partial charge in [-0.1, -0.05) is 148 Å². The van der Waals surface area contributed by atoms with E-state index in [0.717, 1.165) is 33.8 Å². The number of hydrogen-bond acceptors (Lipinski definition) is 2. The summed E-state index contributed by atoms with van der Waals surface area (Å²) in [6, 6.07) is 56.9. The van der Waals surface area contributed by atoms with Gasteiger partial charge in [0.15, 0.2) is 0 Å². The van der Waals surface area contributed by atoms with E-state index in [1.165, 1.54) is 60.1 Å². The molecule has 0 spiro atoms. The third kappa shape index (κ3) is 5.21. The van der Waals surface area contributed by atoms with Gasteiger partial charge < -0.3 is 0 Å². The van der Waals surface area contributed by atoms with Gasteiger partial charge in [-0.05, 0) is 95.9 Å². The highest BCUT2D eigenvalue weighted by molar-refractivity contribution is 6.28. The molecule has 0 fully saturated rings. The average molecular weight is 641 g/mol. The van der Waals surface area contributed by atoms with E-state index in [1.54, 1.807) is 0 Å². The molecule has 0 atom stereocenters. The lowest BCUT2D eigenvalue weighted by Gasteiger charge is -2.23. The van der Waals surface area contributed by atoms with Crippen LogP contribution in [0, 0.1) is 0 Å². The Morgan fingerprint density at radius 2 is 0.900 bits per heavy atom. The molecule has 50 heavy (non-hydrogen) atoms. The van der Waals surface area contributed by atoms with Crippen LogP contribution in [0.15, 0.2) is 164 Å². The maximum absolute atomic E-state index is 5.02. The lowest BCUT2D eigenvalue weighted by molar-refractivity contribution is 0.591. The molecule has 238 valence electrons. The van der Waals surface area contributed by atoms with Crippen molar-refractivity contribution >= 4 is 32.3 Å². The standard InChI is InChI=1S/C48H36N2/c1-48(2,3)38-28-36-23-25-39-41(31-15-19-34(20-16-31)43-12-7-8-27-49-43)30-42(40-26-24-37(29-38)46(36)47(39)40)32-17-21-35(22-18-32)45-14-9-13-44(50-45)33-10-5-4-6-11-33/h4-30H,1-3H3. The van der Waals surface area contributed by atoms with Crippen molar-refractivity contribution in [2.24, 2.45) is 0 Å². The van der Waals surface area contributed by atoms with Crippen molar-refractivity contribution in [3.63, 3.8) is 0 Å². The summed E-state index contributed by atoms with van der Waals surface area (Å²) in [5.74, 6) is 0. The fourth-order valence-corrected chi connectivity index (χ4v) is 7.37. The molecular weight excluding hydrogens is 605 g/mol. The first-order valence-electron chi connectivity index (χ1n) is 17.3. The second kappa shape index (κ2) is 11.8. The smallest absolute Gasteiger partial charge is 0.0709 e. The van der Waals surface area contributed by atoms with Gasteiger partial charge >= 0.3 is 0 Å². The van der Waals surface area contributed by atoms with E-state index in [9.17, 15) is 0 Å². The Kier molecular flexibility index (Phi) is 7.07. The largest absolute Gasteiger partial charge is 0.256 e. The molecule has 0 aliphatic carbocycles. The average Bonchev–Trinajstić information content (AvgIpc) is 3.17. The molecule has 0 N–H and O–H groups in total. The summed E-state index contributed by atoms with van der Waals surface area (Å²) in [5, 5.41) is 7.78. The molecule has 0 amide bonds. The molecule has 0 saturated carbocycles. The van der Waals surface area contributed by atoms with Gasteiger partial charge in [-0.15, -0.1) is 0 Å². The van der Waals surface area contributed by atoms with E-state index in [-0.39, 0.29) is 5.41 Å². The molecule has 0 bridgehead atoms. The van der Waals surface area contributed by atoms with Crippen LogP contribution in [0.1, 0.15) is 26.3 Å². The first-order chi connectivity index (χ1) is 24.4. The molecule has 0 unspecified atom stereocenters. The highest BCUT2D eigenvalue weighted by atomic mass is 14.7. The van der Waals surface area contributed by atoms with Crippen LogP contribution < -0.4 is 0 Å². The summed E-state index contributed by atoms with van der Waals surface area (Å²) in [6.07, 6.45) is 1.85. The van der Waals surface area contributed by atoms with Crippen molar-refractivity contribution in [3.8, 4) is 56.0 Å². The van der Waals surface area contributed by atoms with E-state index in [4.69, 9.17) is 4.98 Å². The van der Waals surface area contributed by atoms with Gasteiger partial charge in [0.25, 0.3) is 0 Å². The first-order valence-corrected chi connectivity index (χ1v) is 17.3. The van der Waals surface area contributed by atoms with Gasteiger partial charge in [0.05, 0.1) is 17.1 Å². The number of hydrogen-bond donors (Lipinski definition) is 0. The van der Waals surface area contributed by atoms with Crippen molar-refractivity contribution in [2.45, 2.75) is 26.2 Å². The lowest BCUT2D eigenvalue weighted by atomic mass is 9.81. The summed E-state index contributed by atoms with van der Waals surface area (Å²) in [4.78, 5) is 9.60. The van der Waals surface area contributed by atoms with E-state index in [0.29, 0.717) is 0 Å². The van der Waals surface area contributed by atoms with Crippen molar-refractivity contribution in [3.05, 3.63) is 169 Å². The SMILES string of the molecule is CC(C)(C)c1cc2ccc3c(-c4ccc(-c5ccccn5)cc4)cc(-c4ccc(-c5cccc(-c6ccccc6)n5)cc4)c4ccc(c1)c2c34. The zero-order valence-corrected chi connectivity index (χ0v) is 28.5. The van der Waals surface area contributed by atoms with Crippen LogP contribution in [0.4, 0.5) is 0 Å². The highest BCUT2D eigenvalue weighted by Crippen LogP contribution is 2.45. The topological polar surface area (TPSA) is 25.8 Å². The quantitative estimate of drug-likeness (QED) is 0.175. The molecule has 2 heteroatoms. The Hall–Kier alpha value is -6.12. The minimum absolute atomic E-state index is 0.0628. The number of nitrogens with zero attached hydrogens (tertiary/aromatic N) is 2. The van der Waals surface area contributed by atoms with Crippen LogP contribution in [0.5, 0.6) is 0 Å². The molecule has 0 saturated heterocycles. The zero-order chi connectivity index (χ0) is 33.8. The number of aromatic nitrogens is 2. The van der Waals surface area contributed by atoms with Gasteiger partial charge in [-0.25, -0.2) is 4.98 Å². The predicted molar refractivity (Wildman–Crippen MR) is 212 cm³/mol. The minimum atomic E-state index is 0.0628. The van der Waals surface area contributed by atoms with Gasteiger partial charge in [-0.2, -0.15) is 0 Å². The second-order valence-corrected chi connectivity index (χ2v) is 14.3. The normalized spacial score (nSPS) is 11.9. The molecule has 2 heterocycles. The van der Waals surface area contributed by atoms with Gasteiger partial charge in [0.2, 0.25) is 0 Å². The van der Waals surface area contributed by atoms with Crippen LogP contribution in [-0.2, 0) is 5.41 Å². The Morgan fingerprint density at radius 1 is 0.400 bits per heavy atom. The van der Waals surface area contributed by atoms with E-state index < -0.39 is 0 Å². The summed E-state index contributed by atoms with van der Waals surface area (Å²) in [6.45, 7) is 6.88. The van der Waals surface area contributed by atoms with E-state index in [2.05, 4.69) is 165 Å². The van der Waals surface area contributed by atoms with Crippen molar-refractivity contribution in [1.82, 2.24) is 9.97 Å². The lowest BCUT2D eigenvalue weighted by Crippen LogP contribution is -2.10. The molecule has 9 rings (SSSR count). The fraction of sp³-hybridized carbons (Fsp3) is 0.0833. The van der Waals surface area contributed by atoms with Gasteiger partial charge in [-0.3, -0.25) is 4.98 Å². The second-order valence-electron chi connectivity index (χ2n) is 14.3. The Morgan fingerprint density at radius 3 is 1.44 bits per heavy atom. The third-order valence-electron chi connectivity index (χ3n) is 10.0. The summed E-state index contributed by atoms with van der Waals surface area (Å²) >= 11 is 0. The monoisotopic (exact) mass is 640 g/mol. The molecule has 2 nitrogen and oxygen atoms in total. The fourth-order valence-electron chi connectivity index (χ4n) is 7.37. The van der Waals surface area contributed by atoms with Crippen LogP contribution in [0.2, 0.25) is 0 Å². The Bertz CT molecular complexity index is 2610. The molecule has 9 aromatic rings. The highest BCUT2D eigenvalue weighted by Gasteiger charge is 2.20. The molecule has 7 aromatic carbocycles. The number of rotatable bonds is 5. The summed E-state index contributed by atoms with van der Waals surface area (Å²) < 4.78 is 0. The molecule has 2 aromatic heterocycles. The van der Waals surface area contributed by atoms with Gasteiger partial charge in [0.1, 0.15) is 0 Å². The first kappa shape index (κ1) is 30.0. The van der Waals surface area contributed by atoms with Gasteiger partial charge in [0, 0.05) is 22.9 Å². The van der Waals surface area contributed by atoms with Crippen LogP contribution in [-0.4, -0.2) is 9.97 Å². The summed E-state index contributed by atoms with van der Waals surface area (Å²) in [7, 11) is 0. The van der Waals surface area contributed by atoms with Crippen LogP contribution in [0.25, 0.3) is 88.3 Å². The van der Waals surface area contributed by atoms with E-state index >= 15 is 0 Å². The third-order valence-corrected chi connectivity index (χ3v) is 10.0. The molecule has 0 aliphatic heterocycles. The Labute approximate surface area is 293 Å². The van der Waals surface area contributed by atoms with Crippen LogP contribution >= 0.6 is 0 Å². The van der Waals surface area contributed by atoms with Crippen LogP contribution in [0.3, 0.4) is 0 Å². The molecule has 0 aliphatic rings. The zero-order valence-electron chi connectivity index (χ0n) is 28.5.